The lowest BCUT2D eigenvalue weighted by Gasteiger charge is -2.60. The van der Waals surface area contributed by atoms with E-state index in [2.05, 4.69) is 11.1 Å². The van der Waals surface area contributed by atoms with Gasteiger partial charge in [-0.3, -0.25) is 4.79 Å². The van der Waals surface area contributed by atoms with E-state index in [0.717, 1.165) is 11.1 Å². The van der Waals surface area contributed by atoms with Gasteiger partial charge in [-0.15, -0.1) is 0 Å². The molecule has 1 aliphatic heterocycles. The highest BCUT2D eigenvalue weighted by molar-refractivity contribution is 6.31. The van der Waals surface area contributed by atoms with Crippen molar-refractivity contribution >= 4 is 29.1 Å². The molecule has 1 aliphatic carbocycles. The third-order valence-corrected chi connectivity index (χ3v) is 7.87. The molecule has 2 aromatic carbocycles. The zero-order chi connectivity index (χ0) is 23.2. The van der Waals surface area contributed by atoms with E-state index in [9.17, 15) is 9.90 Å². The van der Waals surface area contributed by atoms with E-state index in [4.69, 9.17) is 34.7 Å². The highest BCUT2D eigenvalue weighted by atomic mass is 35.5. The lowest BCUT2D eigenvalue weighted by molar-refractivity contribution is -0.132. The maximum Gasteiger partial charge on any atom is 0.228 e. The summed E-state index contributed by atoms with van der Waals surface area (Å²) in [7, 11) is 1.50. The quantitative estimate of drug-likeness (QED) is 0.465. The van der Waals surface area contributed by atoms with Gasteiger partial charge in [-0.25, -0.2) is 0 Å². The Morgan fingerprint density at radius 1 is 1.10 bits per heavy atom. The minimum atomic E-state index is -1.11. The first-order valence-electron chi connectivity index (χ1n) is 10.3. The molecule has 1 amide bonds. The second-order valence-corrected chi connectivity index (χ2v) is 9.41. The molecular weight excluding hydrogens is 435 g/mol. The van der Waals surface area contributed by atoms with Crippen LogP contribution in [0, 0.1) is 5.41 Å². The maximum absolute atomic E-state index is 12.9. The van der Waals surface area contributed by atoms with Gasteiger partial charge in [0.05, 0.1) is 16.5 Å². The third-order valence-electron chi connectivity index (χ3n) is 7.29. The largest absolute Gasteiger partial charge is 0.508 e. The Morgan fingerprint density at radius 3 is 2.29 bits per heavy atom. The summed E-state index contributed by atoms with van der Waals surface area (Å²) in [6, 6.07) is 11.9. The smallest absolute Gasteiger partial charge is 0.228 e. The molecule has 2 fully saturated rings. The molecule has 1 saturated carbocycles. The number of carbonyl (C=O) groups is 1. The fraction of sp³-hybridized carbons (Fsp3) is 0.435. The number of amides is 1. The summed E-state index contributed by atoms with van der Waals surface area (Å²) in [4.78, 5) is 12.9. The first kappa shape index (κ1) is 23.8. The van der Waals surface area contributed by atoms with Crippen molar-refractivity contribution in [3.63, 3.8) is 0 Å². The van der Waals surface area contributed by atoms with Crippen molar-refractivity contribution in [1.29, 1.82) is 0 Å². The lowest BCUT2D eigenvalue weighted by Crippen LogP contribution is -2.77. The minimum absolute atomic E-state index is 0.0773. The van der Waals surface area contributed by atoms with E-state index in [1.807, 2.05) is 26.0 Å². The van der Waals surface area contributed by atoms with Gasteiger partial charge in [0, 0.05) is 22.0 Å². The molecule has 0 bridgehead atoms. The maximum atomic E-state index is 12.9. The molecule has 8 heteroatoms. The number of rotatable bonds is 2. The molecule has 1 heterocycles. The van der Waals surface area contributed by atoms with Crippen molar-refractivity contribution in [3.8, 4) is 5.75 Å². The summed E-state index contributed by atoms with van der Waals surface area (Å²) in [5.41, 5.74) is 17.5. The Kier molecular flexibility index (Phi) is 6.35. The zero-order valence-corrected chi connectivity index (χ0v) is 19.5. The second-order valence-electron chi connectivity index (χ2n) is 8.57. The Balaban J connectivity index is 0.00000132. The van der Waals surface area contributed by atoms with Gasteiger partial charge >= 0.3 is 0 Å². The van der Waals surface area contributed by atoms with Crippen LogP contribution in [0.3, 0.4) is 0 Å². The molecular formula is C23H30Cl2N4O2. The summed E-state index contributed by atoms with van der Waals surface area (Å²) in [6.45, 7) is 3.81. The van der Waals surface area contributed by atoms with Gasteiger partial charge in [-0.2, -0.15) is 0 Å². The molecule has 2 aromatic rings. The van der Waals surface area contributed by atoms with Crippen LogP contribution in [0.5, 0.6) is 5.75 Å². The van der Waals surface area contributed by atoms with Crippen LogP contribution in [-0.2, 0) is 10.3 Å². The average Bonchev–Trinajstić information content (AvgIpc) is 2.92. The molecule has 1 saturated heterocycles. The van der Waals surface area contributed by atoms with E-state index in [0.29, 0.717) is 22.9 Å². The number of aromatic hydroxyl groups is 1. The fourth-order valence-electron chi connectivity index (χ4n) is 5.58. The number of halogens is 2. The molecule has 5 atom stereocenters. The van der Waals surface area contributed by atoms with Gasteiger partial charge in [-0.1, -0.05) is 41.4 Å². The fourth-order valence-corrected chi connectivity index (χ4v) is 6.02. The number of benzene rings is 2. The lowest BCUT2D eigenvalue weighted by atomic mass is 9.47. The van der Waals surface area contributed by atoms with Crippen molar-refractivity contribution in [3.05, 3.63) is 63.6 Å². The number of hydrogen-bond donors (Lipinski definition) is 5. The Labute approximate surface area is 193 Å². The normalized spacial score (nSPS) is 34.4. The number of nitrogens with one attached hydrogen (secondary N) is 1. The number of hydrogen-bond acceptors (Lipinski definition) is 5. The summed E-state index contributed by atoms with van der Waals surface area (Å²) in [5, 5.41) is 13.9. The monoisotopic (exact) mass is 464 g/mol. The second kappa shape index (κ2) is 8.26. The van der Waals surface area contributed by atoms with Crippen molar-refractivity contribution in [2.45, 2.75) is 49.7 Å². The van der Waals surface area contributed by atoms with Gasteiger partial charge in [0.2, 0.25) is 5.91 Å². The number of carbonyl (C=O) groups excluding carboxylic acids is 1. The van der Waals surface area contributed by atoms with Crippen LogP contribution in [0.2, 0.25) is 10.0 Å². The molecule has 0 radical (unpaired) electrons. The van der Waals surface area contributed by atoms with Crippen LogP contribution in [0.25, 0.3) is 0 Å². The van der Waals surface area contributed by atoms with E-state index >= 15 is 0 Å². The standard InChI is InChI=1S/C22H25Cl2N3O2.CH5N/c1-12-22(26)20(2,19(29)27-12)10-9-17(16-8-7-15(28)11-18(16)24)21(22,25)13-3-5-14(23)6-4-13;1-2/h3-8,11-12,17,28H,9-10,25-26H2,1-2H3,(H,27,29);2H2,1H3. The van der Waals surface area contributed by atoms with E-state index < -0.39 is 16.5 Å². The van der Waals surface area contributed by atoms with Gasteiger partial charge in [0.25, 0.3) is 0 Å². The first-order valence-corrected chi connectivity index (χ1v) is 11.0. The molecule has 2 aliphatic rings. The molecule has 5 unspecified atom stereocenters. The Hall–Kier alpha value is -1.83. The molecule has 6 nitrogen and oxygen atoms in total. The van der Waals surface area contributed by atoms with Crippen molar-refractivity contribution in [2.24, 2.45) is 22.6 Å². The molecule has 168 valence electrons. The van der Waals surface area contributed by atoms with Crippen LogP contribution >= 0.6 is 23.2 Å². The Bertz CT molecular complexity index is 986. The predicted octanol–water partition coefficient (Wildman–Crippen LogP) is 3.23. The van der Waals surface area contributed by atoms with Crippen LogP contribution in [0.15, 0.2) is 42.5 Å². The SMILES string of the molecule is CC1NC(=O)C2(C)CCC(c3ccc(O)cc3Cl)C(N)(c3ccc(Cl)cc3)C12N.CN. The predicted molar refractivity (Wildman–Crippen MR) is 125 cm³/mol. The van der Waals surface area contributed by atoms with Gasteiger partial charge < -0.3 is 27.6 Å². The molecule has 4 rings (SSSR count). The van der Waals surface area contributed by atoms with E-state index in [1.54, 1.807) is 24.3 Å². The van der Waals surface area contributed by atoms with Crippen LogP contribution < -0.4 is 22.5 Å². The number of phenolic OH excluding ortho intramolecular Hbond substituents is 1. The highest BCUT2D eigenvalue weighted by Gasteiger charge is 2.72. The topological polar surface area (TPSA) is 127 Å². The van der Waals surface area contributed by atoms with E-state index in [1.165, 1.54) is 13.1 Å². The van der Waals surface area contributed by atoms with Crippen molar-refractivity contribution in [2.75, 3.05) is 7.05 Å². The van der Waals surface area contributed by atoms with Gasteiger partial charge in [0.1, 0.15) is 5.75 Å². The molecule has 0 spiro atoms. The van der Waals surface area contributed by atoms with Crippen LogP contribution in [-0.4, -0.2) is 29.6 Å². The number of phenols is 1. The van der Waals surface area contributed by atoms with Gasteiger partial charge in [0.15, 0.2) is 0 Å². The van der Waals surface area contributed by atoms with Crippen molar-refractivity contribution in [1.82, 2.24) is 5.32 Å². The molecule has 8 N–H and O–H groups in total. The Morgan fingerprint density at radius 2 is 1.71 bits per heavy atom. The van der Waals surface area contributed by atoms with Crippen LogP contribution in [0.1, 0.15) is 43.7 Å². The summed E-state index contributed by atoms with van der Waals surface area (Å²) >= 11 is 12.7. The van der Waals surface area contributed by atoms with Gasteiger partial charge in [-0.05, 0) is 69.1 Å². The summed E-state index contributed by atoms with van der Waals surface area (Å²) in [6.07, 6.45) is 1.20. The third kappa shape index (κ3) is 3.24. The van der Waals surface area contributed by atoms with Crippen molar-refractivity contribution < 1.29 is 9.90 Å². The van der Waals surface area contributed by atoms with Crippen LogP contribution in [0.4, 0.5) is 0 Å². The first-order chi connectivity index (χ1) is 14.6. The highest BCUT2D eigenvalue weighted by Crippen LogP contribution is 2.61. The summed E-state index contributed by atoms with van der Waals surface area (Å²) in [5.74, 6) is -0.251. The zero-order valence-electron chi connectivity index (χ0n) is 18.0. The summed E-state index contributed by atoms with van der Waals surface area (Å²) < 4.78 is 0. The number of nitrogens with two attached hydrogens (primary N) is 3. The minimum Gasteiger partial charge on any atom is -0.508 e. The van der Waals surface area contributed by atoms with E-state index in [-0.39, 0.29) is 23.6 Å². The molecule has 0 aromatic heterocycles. The average molecular weight is 465 g/mol. The number of fused-ring (bicyclic) bond motifs is 1. The molecule has 31 heavy (non-hydrogen) atoms.